The van der Waals surface area contributed by atoms with Crippen LogP contribution in [-0.2, 0) is 11.4 Å². The lowest BCUT2D eigenvalue weighted by molar-refractivity contribution is -0.122. The van der Waals surface area contributed by atoms with Crippen molar-refractivity contribution in [1.29, 1.82) is 0 Å². The van der Waals surface area contributed by atoms with Crippen molar-refractivity contribution in [2.75, 3.05) is 12.4 Å². The second kappa shape index (κ2) is 9.98. The highest BCUT2D eigenvalue weighted by Gasteiger charge is 2.17. The van der Waals surface area contributed by atoms with Gasteiger partial charge in [0.25, 0.3) is 5.91 Å². The average Bonchev–Trinajstić information content (AvgIpc) is 2.75. The lowest BCUT2D eigenvalue weighted by Crippen LogP contribution is -2.30. The molecule has 30 heavy (non-hydrogen) atoms. The number of aromatic nitrogens is 1. The molecule has 1 N–H and O–H groups in total. The minimum absolute atomic E-state index is 0.283. The number of anilines is 1. The second-order valence-electron chi connectivity index (χ2n) is 6.67. The van der Waals surface area contributed by atoms with Crippen LogP contribution >= 0.6 is 11.6 Å². The Bertz CT molecular complexity index is 1010. The van der Waals surface area contributed by atoms with Gasteiger partial charge >= 0.3 is 0 Å². The molecule has 1 atom stereocenters. The number of nitrogens with one attached hydrogen (secondary N) is 1. The molecule has 1 aromatic heterocycles. The molecular formula is C23H23ClN2O4. The number of rotatable bonds is 8. The van der Waals surface area contributed by atoms with Gasteiger partial charge < -0.3 is 19.5 Å². The molecule has 0 saturated carbocycles. The van der Waals surface area contributed by atoms with Crippen LogP contribution in [0.4, 0.5) is 5.69 Å². The van der Waals surface area contributed by atoms with E-state index in [2.05, 4.69) is 10.3 Å². The third-order valence-corrected chi connectivity index (χ3v) is 4.62. The molecule has 0 radical (unpaired) electrons. The quantitative estimate of drug-likeness (QED) is 0.546. The molecule has 3 rings (SSSR count). The van der Waals surface area contributed by atoms with Gasteiger partial charge in [0.1, 0.15) is 12.4 Å². The molecule has 156 valence electrons. The van der Waals surface area contributed by atoms with Gasteiger partial charge in [-0.15, -0.1) is 0 Å². The first-order chi connectivity index (χ1) is 14.5. The van der Waals surface area contributed by atoms with E-state index < -0.39 is 6.10 Å². The second-order valence-corrected chi connectivity index (χ2v) is 7.11. The summed E-state index contributed by atoms with van der Waals surface area (Å²) in [5, 5.41) is 3.47. The lowest BCUT2D eigenvalue weighted by atomic mass is 10.2. The van der Waals surface area contributed by atoms with E-state index in [4.69, 9.17) is 25.8 Å². The summed E-state index contributed by atoms with van der Waals surface area (Å²) in [5.74, 6) is 1.42. The Hall–Kier alpha value is -3.25. The van der Waals surface area contributed by atoms with Crippen LogP contribution in [0.2, 0.25) is 5.02 Å². The fourth-order valence-electron chi connectivity index (χ4n) is 2.74. The predicted molar refractivity (Wildman–Crippen MR) is 116 cm³/mol. The van der Waals surface area contributed by atoms with Gasteiger partial charge in [-0.05, 0) is 67.4 Å². The molecule has 1 unspecified atom stereocenters. The lowest BCUT2D eigenvalue weighted by Gasteiger charge is -2.17. The van der Waals surface area contributed by atoms with Crippen molar-refractivity contribution in [1.82, 2.24) is 4.98 Å². The standard InChI is InChI=1S/C23H23ClN2O4/c1-15-12-18(24)4-6-20(15)30-16(2)23(27)26-19-5-7-21(28-3)22(13-19)29-14-17-8-10-25-11-9-17/h4-13,16H,14H2,1-3H3,(H,26,27). The first kappa shape index (κ1) is 21.5. The summed E-state index contributed by atoms with van der Waals surface area (Å²) in [7, 11) is 1.57. The maximum atomic E-state index is 12.6. The van der Waals surface area contributed by atoms with Crippen LogP contribution < -0.4 is 19.5 Å². The molecule has 7 heteroatoms. The predicted octanol–water partition coefficient (Wildman–Crippen LogP) is 5.04. The molecule has 6 nitrogen and oxygen atoms in total. The number of halogens is 1. The first-order valence-corrected chi connectivity index (χ1v) is 9.77. The number of benzene rings is 2. The van der Waals surface area contributed by atoms with Crippen molar-refractivity contribution in [2.24, 2.45) is 0 Å². The zero-order valence-corrected chi connectivity index (χ0v) is 17.8. The van der Waals surface area contributed by atoms with Crippen molar-refractivity contribution in [3.63, 3.8) is 0 Å². The van der Waals surface area contributed by atoms with Crippen LogP contribution in [0.3, 0.4) is 0 Å². The van der Waals surface area contributed by atoms with Crippen molar-refractivity contribution in [3.8, 4) is 17.2 Å². The normalized spacial score (nSPS) is 11.5. The monoisotopic (exact) mass is 426 g/mol. The molecule has 0 aliphatic heterocycles. The third kappa shape index (κ3) is 5.64. The largest absolute Gasteiger partial charge is 0.493 e. The molecule has 0 aliphatic carbocycles. The maximum absolute atomic E-state index is 12.6. The number of carbonyl (C=O) groups is 1. The number of nitrogens with zero attached hydrogens (tertiary/aromatic N) is 1. The van der Waals surface area contributed by atoms with E-state index in [1.54, 1.807) is 62.8 Å². The van der Waals surface area contributed by atoms with Gasteiger partial charge in [0.2, 0.25) is 0 Å². The Morgan fingerprint density at radius 3 is 2.50 bits per heavy atom. The Kier molecular flexibility index (Phi) is 7.14. The van der Waals surface area contributed by atoms with Gasteiger partial charge in [0.15, 0.2) is 17.6 Å². The fourth-order valence-corrected chi connectivity index (χ4v) is 2.97. The van der Waals surface area contributed by atoms with Gasteiger partial charge in [-0.3, -0.25) is 9.78 Å². The number of pyridine rings is 1. The van der Waals surface area contributed by atoms with Crippen LogP contribution in [0.15, 0.2) is 60.9 Å². The first-order valence-electron chi connectivity index (χ1n) is 9.39. The number of aryl methyl sites for hydroxylation is 1. The van der Waals surface area contributed by atoms with Crippen molar-refractivity contribution < 1.29 is 19.0 Å². The van der Waals surface area contributed by atoms with Crippen molar-refractivity contribution >= 4 is 23.2 Å². The Morgan fingerprint density at radius 2 is 1.80 bits per heavy atom. The summed E-state index contributed by atoms with van der Waals surface area (Å²) in [6, 6.07) is 14.2. The smallest absolute Gasteiger partial charge is 0.265 e. The zero-order valence-electron chi connectivity index (χ0n) is 17.0. The SMILES string of the molecule is COc1ccc(NC(=O)C(C)Oc2ccc(Cl)cc2C)cc1OCc1ccncc1. The Balaban J connectivity index is 1.66. The topological polar surface area (TPSA) is 69.7 Å². The van der Waals surface area contributed by atoms with Gasteiger partial charge in [0, 0.05) is 29.2 Å². The summed E-state index contributed by atoms with van der Waals surface area (Å²) in [5.41, 5.74) is 2.41. The molecule has 2 aromatic carbocycles. The van der Waals surface area contributed by atoms with Gasteiger partial charge in [-0.2, -0.15) is 0 Å². The van der Waals surface area contributed by atoms with E-state index >= 15 is 0 Å². The number of amides is 1. The van der Waals surface area contributed by atoms with E-state index in [1.807, 2.05) is 19.1 Å². The van der Waals surface area contributed by atoms with Crippen LogP contribution in [0.5, 0.6) is 17.2 Å². The molecule has 0 saturated heterocycles. The number of methoxy groups -OCH3 is 1. The van der Waals surface area contributed by atoms with E-state index in [0.29, 0.717) is 34.6 Å². The highest BCUT2D eigenvalue weighted by Crippen LogP contribution is 2.31. The zero-order chi connectivity index (χ0) is 21.5. The molecule has 3 aromatic rings. The number of hydrogen-bond donors (Lipinski definition) is 1. The fraction of sp³-hybridized carbons (Fsp3) is 0.217. The summed E-state index contributed by atoms with van der Waals surface area (Å²) < 4.78 is 17.0. The molecule has 0 bridgehead atoms. The Morgan fingerprint density at radius 1 is 1.07 bits per heavy atom. The molecule has 0 spiro atoms. The van der Waals surface area contributed by atoms with E-state index in [-0.39, 0.29) is 5.91 Å². The van der Waals surface area contributed by atoms with Gasteiger partial charge in [-0.25, -0.2) is 0 Å². The van der Waals surface area contributed by atoms with E-state index in [0.717, 1.165) is 11.1 Å². The maximum Gasteiger partial charge on any atom is 0.265 e. The molecular weight excluding hydrogens is 404 g/mol. The summed E-state index contributed by atoms with van der Waals surface area (Å²) in [6.45, 7) is 3.92. The van der Waals surface area contributed by atoms with Crippen LogP contribution in [0, 0.1) is 6.92 Å². The number of ether oxygens (including phenoxy) is 3. The summed E-state index contributed by atoms with van der Waals surface area (Å²) in [4.78, 5) is 16.6. The number of carbonyl (C=O) groups excluding carboxylic acids is 1. The average molecular weight is 427 g/mol. The van der Waals surface area contributed by atoms with Crippen molar-refractivity contribution in [2.45, 2.75) is 26.6 Å². The third-order valence-electron chi connectivity index (χ3n) is 4.38. The molecule has 0 aliphatic rings. The summed E-state index contributed by atoms with van der Waals surface area (Å²) in [6.07, 6.45) is 2.71. The molecule has 1 amide bonds. The highest BCUT2D eigenvalue weighted by atomic mass is 35.5. The summed E-state index contributed by atoms with van der Waals surface area (Å²) >= 11 is 5.97. The van der Waals surface area contributed by atoms with Crippen LogP contribution in [0.1, 0.15) is 18.1 Å². The minimum Gasteiger partial charge on any atom is -0.493 e. The van der Waals surface area contributed by atoms with Crippen LogP contribution in [0.25, 0.3) is 0 Å². The van der Waals surface area contributed by atoms with E-state index in [1.165, 1.54) is 0 Å². The van der Waals surface area contributed by atoms with Gasteiger partial charge in [0.05, 0.1) is 7.11 Å². The van der Waals surface area contributed by atoms with Crippen LogP contribution in [-0.4, -0.2) is 24.1 Å². The van der Waals surface area contributed by atoms with Crippen molar-refractivity contribution in [3.05, 3.63) is 77.1 Å². The number of hydrogen-bond acceptors (Lipinski definition) is 5. The Labute approximate surface area is 180 Å². The van der Waals surface area contributed by atoms with Gasteiger partial charge in [-0.1, -0.05) is 11.6 Å². The molecule has 0 fully saturated rings. The molecule has 1 heterocycles. The van der Waals surface area contributed by atoms with E-state index in [9.17, 15) is 4.79 Å². The highest BCUT2D eigenvalue weighted by molar-refractivity contribution is 6.30. The minimum atomic E-state index is -0.701.